The topological polar surface area (TPSA) is 52.8 Å². The highest BCUT2D eigenvalue weighted by Crippen LogP contribution is 2.36. The lowest BCUT2D eigenvalue weighted by Gasteiger charge is -2.37. The molecule has 1 aromatic rings. The van der Waals surface area contributed by atoms with Crippen LogP contribution < -0.4 is 5.32 Å². The number of hydrogen-bond donors (Lipinski definition) is 2. The lowest BCUT2D eigenvalue weighted by Crippen LogP contribution is -2.42. The molecule has 0 saturated heterocycles. The minimum absolute atomic E-state index is 0.117. The molecule has 1 saturated carbocycles. The van der Waals surface area contributed by atoms with Crippen molar-refractivity contribution in [1.29, 1.82) is 0 Å². The molecular formula is C18H31ClN4O. The molecule has 6 heteroatoms. The highest BCUT2D eigenvalue weighted by atomic mass is 35.5. The summed E-state index contributed by atoms with van der Waals surface area (Å²) >= 11 is 6.07. The molecule has 5 nitrogen and oxygen atoms in total. The minimum atomic E-state index is -0.255. The average molecular weight is 355 g/mol. The average Bonchev–Trinajstić information content (AvgIpc) is 2.84. The normalized spacial score (nSPS) is 24.9. The Morgan fingerprint density at radius 2 is 2.29 bits per heavy atom. The van der Waals surface area contributed by atoms with Gasteiger partial charge in [-0.2, -0.15) is 0 Å². The molecule has 0 spiro atoms. The Morgan fingerprint density at radius 1 is 1.54 bits per heavy atom. The van der Waals surface area contributed by atoms with Gasteiger partial charge < -0.3 is 19.9 Å². The Bertz CT molecular complexity index is 571. The summed E-state index contributed by atoms with van der Waals surface area (Å²) in [4.78, 5) is 6.93. The molecular weight excluding hydrogens is 324 g/mol. The number of aromatic nitrogens is 1. The summed E-state index contributed by atoms with van der Waals surface area (Å²) < 4.78 is 2.04. The fraction of sp³-hybridized carbons (Fsp3) is 0.722. The van der Waals surface area contributed by atoms with Crippen LogP contribution >= 0.6 is 11.6 Å². The molecule has 0 bridgehead atoms. The number of rotatable bonds is 5. The maximum absolute atomic E-state index is 10.4. The molecule has 0 radical (unpaired) electrons. The van der Waals surface area contributed by atoms with E-state index in [-0.39, 0.29) is 11.5 Å². The quantitative estimate of drug-likeness (QED) is 0.631. The van der Waals surface area contributed by atoms with E-state index in [0.29, 0.717) is 6.54 Å². The van der Waals surface area contributed by atoms with Crippen molar-refractivity contribution in [2.24, 2.45) is 17.5 Å². The van der Waals surface area contributed by atoms with Crippen LogP contribution in [0.15, 0.2) is 17.3 Å². The number of guanidine groups is 1. The van der Waals surface area contributed by atoms with Gasteiger partial charge in [-0.3, -0.25) is 4.99 Å². The van der Waals surface area contributed by atoms with Gasteiger partial charge in [-0.1, -0.05) is 31.4 Å². The molecule has 2 atom stereocenters. The number of halogens is 1. The lowest BCUT2D eigenvalue weighted by atomic mass is 9.73. The van der Waals surface area contributed by atoms with Crippen molar-refractivity contribution in [2.45, 2.75) is 52.2 Å². The van der Waals surface area contributed by atoms with Crippen LogP contribution in [0.5, 0.6) is 0 Å². The van der Waals surface area contributed by atoms with Gasteiger partial charge in [0.25, 0.3) is 0 Å². The molecule has 0 amide bonds. The van der Waals surface area contributed by atoms with Crippen molar-refractivity contribution in [1.82, 2.24) is 14.8 Å². The third kappa shape index (κ3) is 4.67. The van der Waals surface area contributed by atoms with Crippen LogP contribution in [0.1, 0.15) is 45.2 Å². The van der Waals surface area contributed by atoms with Crippen LogP contribution in [0, 0.1) is 5.41 Å². The highest BCUT2D eigenvalue weighted by molar-refractivity contribution is 6.30. The number of aliphatic hydroxyl groups excluding tert-OH is 1. The van der Waals surface area contributed by atoms with E-state index < -0.39 is 0 Å². The summed E-state index contributed by atoms with van der Waals surface area (Å²) in [5.74, 6) is 0.869. The van der Waals surface area contributed by atoms with E-state index >= 15 is 0 Å². The summed E-state index contributed by atoms with van der Waals surface area (Å²) in [7, 11) is 4.03. The second kappa shape index (κ2) is 8.26. The van der Waals surface area contributed by atoms with Crippen LogP contribution in [-0.4, -0.2) is 46.8 Å². The summed E-state index contributed by atoms with van der Waals surface area (Å²) in [6.07, 6.45) is 5.88. The Balaban J connectivity index is 2.08. The van der Waals surface area contributed by atoms with Crippen molar-refractivity contribution in [3.8, 4) is 0 Å². The molecule has 2 rings (SSSR count). The van der Waals surface area contributed by atoms with Crippen LogP contribution in [0.2, 0.25) is 5.02 Å². The van der Waals surface area contributed by atoms with Gasteiger partial charge in [-0.15, -0.1) is 0 Å². The predicted molar refractivity (Wildman–Crippen MR) is 100 cm³/mol. The number of hydrogen-bond acceptors (Lipinski definition) is 2. The molecule has 136 valence electrons. The lowest BCUT2D eigenvalue weighted by molar-refractivity contribution is 0.00705. The first-order valence-electron chi connectivity index (χ1n) is 8.84. The summed E-state index contributed by atoms with van der Waals surface area (Å²) in [6.45, 7) is 6.42. The van der Waals surface area contributed by atoms with E-state index in [1.807, 2.05) is 30.9 Å². The molecule has 1 fully saturated rings. The van der Waals surface area contributed by atoms with Crippen molar-refractivity contribution in [3.05, 3.63) is 23.0 Å². The zero-order chi connectivity index (χ0) is 17.7. The van der Waals surface area contributed by atoms with Gasteiger partial charge in [0.05, 0.1) is 24.2 Å². The van der Waals surface area contributed by atoms with Crippen LogP contribution in [0.3, 0.4) is 0 Å². The highest BCUT2D eigenvalue weighted by Gasteiger charge is 2.35. The standard InChI is InChI=1S/C18H31ClN4O/c1-5-20-17(21-13-18(2)9-7-6-8-16(18)24)23(4)12-15-10-14(19)11-22(15)3/h10-11,16,24H,5-9,12-13H2,1-4H3,(H,20,21). The largest absolute Gasteiger partial charge is 0.392 e. The number of aliphatic imine (C=N–C) groups is 1. The fourth-order valence-electron chi connectivity index (χ4n) is 3.33. The number of aryl methyl sites for hydroxylation is 1. The van der Waals surface area contributed by atoms with Gasteiger partial charge in [0, 0.05) is 37.9 Å². The zero-order valence-corrected chi connectivity index (χ0v) is 16.1. The molecule has 2 unspecified atom stereocenters. The summed E-state index contributed by atoms with van der Waals surface area (Å²) in [5, 5.41) is 14.5. The molecule has 2 N–H and O–H groups in total. The summed E-state index contributed by atoms with van der Waals surface area (Å²) in [5.41, 5.74) is 1.02. The molecule has 1 aromatic heterocycles. The van der Waals surface area contributed by atoms with Gasteiger partial charge >= 0.3 is 0 Å². The van der Waals surface area contributed by atoms with Crippen LogP contribution in [0.4, 0.5) is 0 Å². The Labute approximate surface area is 150 Å². The van der Waals surface area contributed by atoms with E-state index in [4.69, 9.17) is 16.6 Å². The van der Waals surface area contributed by atoms with Gasteiger partial charge in [-0.05, 0) is 25.8 Å². The van der Waals surface area contributed by atoms with Gasteiger partial charge in [-0.25, -0.2) is 0 Å². The zero-order valence-electron chi connectivity index (χ0n) is 15.3. The first-order chi connectivity index (χ1) is 11.4. The van der Waals surface area contributed by atoms with Gasteiger partial charge in [0.15, 0.2) is 5.96 Å². The first-order valence-corrected chi connectivity index (χ1v) is 9.22. The fourth-order valence-corrected chi connectivity index (χ4v) is 3.60. The molecule has 0 aromatic carbocycles. The van der Waals surface area contributed by atoms with Crippen molar-refractivity contribution in [3.63, 3.8) is 0 Å². The number of nitrogens with zero attached hydrogens (tertiary/aromatic N) is 3. The SMILES string of the molecule is CCNC(=NCC1(C)CCCCC1O)N(C)Cc1cc(Cl)cn1C. The smallest absolute Gasteiger partial charge is 0.194 e. The Kier molecular flexibility index (Phi) is 6.58. The van der Waals surface area contributed by atoms with Crippen molar-refractivity contribution < 1.29 is 5.11 Å². The molecule has 1 aliphatic rings. The van der Waals surface area contributed by atoms with Crippen molar-refractivity contribution >= 4 is 17.6 Å². The third-order valence-corrected chi connectivity index (χ3v) is 5.25. The third-order valence-electron chi connectivity index (χ3n) is 5.04. The maximum Gasteiger partial charge on any atom is 0.194 e. The summed E-state index contributed by atoms with van der Waals surface area (Å²) in [6, 6.07) is 1.98. The second-order valence-corrected chi connectivity index (χ2v) is 7.64. The van der Waals surface area contributed by atoms with E-state index in [1.165, 1.54) is 6.42 Å². The van der Waals surface area contributed by atoms with Gasteiger partial charge in [0.1, 0.15) is 0 Å². The van der Waals surface area contributed by atoms with Crippen LogP contribution in [0.25, 0.3) is 0 Å². The Hall–Kier alpha value is -1.20. The maximum atomic E-state index is 10.4. The predicted octanol–water partition coefficient (Wildman–Crippen LogP) is 3.02. The van der Waals surface area contributed by atoms with Crippen molar-refractivity contribution in [2.75, 3.05) is 20.1 Å². The van der Waals surface area contributed by atoms with Crippen LogP contribution in [-0.2, 0) is 13.6 Å². The van der Waals surface area contributed by atoms with Gasteiger partial charge in [0.2, 0.25) is 0 Å². The molecule has 1 heterocycles. The molecule has 0 aliphatic heterocycles. The number of nitrogens with one attached hydrogen (secondary N) is 1. The minimum Gasteiger partial charge on any atom is -0.392 e. The monoisotopic (exact) mass is 354 g/mol. The number of aliphatic hydroxyl groups is 1. The van der Waals surface area contributed by atoms with E-state index in [2.05, 4.69) is 24.1 Å². The van der Waals surface area contributed by atoms with E-state index in [9.17, 15) is 5.11 Å². The molecule has 1 aliphatic carbocycles. The van der Waals surface area contributed by atoms with E-state index in [1.54, 1.807) is 0 Å². The first kappa shape index (κ1) is 19.1. The molecule has 24 heavy (non-hydrogen) atoms. The van der Waals surface area contributed by atoms with E-state index in [0.717, 1.165) is 49.0 Å². The Morgan fingerprint density at radius 3 is 2.88 bits per heavy atom. The second-order valence-electron chi connectivity index (χ2n) is 7.20.